The molecule has 1 fully saturated rings. The minimum atomic E-state index is 0. The Morgan fingerprint density at radius 2 is 1.70 bits per heavy atom. The number of benzene rings is 1. The van der Waals surface area contributed by atoms with Gasteiger partial charge in [0.15, 0.2) is 0 Å². The third-order valence-corrected chi connectivity index (χ3v) is 4.13. The van der Waals surface area contributed by atoms with Crippen molar-refractivity contribution in [2.24, 2.45) is 5.73 Å². The highest BCUT2D eigenvalue weighted by Gasteiger charge is 2.21. The van der Waals surface area contributed by atoms with Crippen LogP contribution in [0.2, 0.25) is 0 Å². The van der Waals surface area contributed by atoms with E-state index in [1.165, 1.54) is 25.7 Å². The summed E-state index contributed by atoms with van der Waals surface area (Å²) in [5, 5.41) is 0. The van der Waals surface area contributed by atoms with Gasteiger partial charge in [0, 0.05) is 25.2 Å². The van der Waals surface area contributed by atoms with Gasteiger partial charge in [0.1, 0.15) is 0 Å². The smallest absolute Gasteiger partial charge is 0.253 e. The number of halogens is 1. The summed E-state index contributed by atoms with van der Waals surface area (Å²) in [4.78, 5) is 14.4. The Kier molecular flexibility index (Phi) is 7.03. The molecular weight excluding hydrogens is 272 g/mol. The van der Waals surface area contributed by atoms with Gasteiger partial charge in [-0.15, -0.1) is 12.4 Å². The summed E-state index contributed by atoms with van der Waals surface area (Å²) in [6, 6.07) is 8.06. The minimum Gasteiger partial charge on any atom is -0.339 e. The number of nitrogens with two attached hydrogens (primary N) is 1. The lowest BCUT2D eigenvalue weighted by Crippen LogP contribution is -2.36. The molecule has 0 saturated heterocycles. The molecule has 1 aliphatic carbocycles. The van der Waals surface area contributed by atoms with Crippen molar-refractivity contribution in [1.82, 2.24) is 4.90 Å². The monoisotopic (exact) mass is 296 g/mol. The molecule has 0 bridgehead atoms. The summed E-state index contributed by atoms with van der Waals surface area (Å²) in [6.07, 6.45) is 7.39. The number of rotatable bonds is 3. The molecule has 2 N–H and O–H groups in total. The molecule has 0 unspecified atom stereocenters. The molecule has 0 heterocycles. The molecule has 0 aliphatic heterocycles. The van der Waals surface area contributed by atoms with Crippen molar-refractivity contribution in [3.63, 3.8) is 0 Å². The van der Waals surface area contributed by atoms with Crippen LogP contribution in [0, 0.1) is 0 Å². The summed E-state index contributed by atoms with van der Waals surface area (Å²) < 4.78 is 0. The first kappa shape index (κ1) is 17.0. The fourth-order valence-corrected chi connectivity index (χ4v) is 2.80. The lowest BCUT2D eigenvalue weighted by atomic mass is 10.1. The second kappa shape index (κ2) is 8.28. The number of carbonyl (C=O) groups excluding carboxylic acids is 1. The maximum atomic E-state index is 12.5. The van der Waals surface area contributed by atoms with Crippen LogP contribution in [0.15, 0.2) is 24.3 Å². The van der Waals surface area contributed by atoms with Crippen molar-refractivity contribution >= 4 is 18.3 Å². The summed E-state index contributed by atoms with van der Waals surface area (Å²) in [5.74, 6) is 0.135. The Hall–Kier alpha value is -1.06. The molecule has 112 valence electrons. The van der Waals surface area contributed by atoms with Crippen LogP contribution in [-0.2, 0) is 6.54 Å². The first-order valence-corrected chi connectivity index (χ1v) is 7.28. The number of nitrogens with zero attached hydrogens (tertiary/aromatic N) is 1. The highest BCUT2D eigenvalue weighted by Crippen LogP contribution is 2.22. The molecule has 20 heavy (non-hydrogen) atoms. The molecule has 0 atom stereocenters. The van der Waals surface area contributed by atoms with E-state index in [1.54, 1.807) is 0 Å². The van der Waals surface area contributed by atoms with Crippen LogP contribution >= 0.6 is 12.4 Å². The molecule has 3 nitrogen and oxygen atoms in total. The molecule has 1 saturated carbocycles. The summed E-state index contributed by atoms with van der Waals surface area (Å²) in [6.45, 7) is 0.521. The maximum absolute atomic E-state index is 12.5. The largest absolute Gasteiger partial charge is 0.339 e. The van der Waals surface area contributed by atoms with Crippen molar-refractivity contribution in [2.45, 2.75) is 51.1 Å². The van der Waals surface area contributed by atoms with Crippen LogP contribution < -0.4 is 5.73 Å². The number of hydrogen-bond donors (Lipinski definition) is 1. The Balaban J connectivity index is 0.00000200. The highest BCUT2D eigenvalue weighted by molar-refractivity contribution is 5.94. The van der Waals surface area contributed by atoms with Gasteiger partial charge in [-0.05, 0) is 30.5 Å². The average molecular weight is 297 g/mol. The van der Waals surface area contributed by atoms with Gasteiger partial charge >= 0.3 is 0 Å². The van der Waals surface area contributed by atoms with Crippen LogP contribution in [0.3, 0.4) is 0 Å². The molecule has 0 spiro atoms. The second-order valence-corrected chi connectivity index (χ2v) is 5.46. The van der Waals surface area contributed by atoms with Gasteiger partial charge < -0.3 is 10.6 Å². The van der Waals surface area contributed by atoms with Crippen LogP contribution in [0.1, 0.15) is 54.4 Å². The van der Waals surface area contributed by atoms with Gasteiger partial charge in [0.25, 0.3) is 5.91 Å². The zero-order valence-corrected chi connectivity index (χ0v) is 13.0. The standard InChI is InChI=1S/C16H24N2O.ClH/c1-18(15-6-4-2-3-5-7-15)16(19)14-10-8-13(12-17)9-11-14;/h8-11,15H,2-7,12,17H2,1H3;1H. The predicted octanol–water partition coefficient (Wildman–Crippen LogP) is 3.36. The van der Waals surface area contributed by atoms with Gasteiger partial charge in [0.2, 0.25) is 0 Å². The van der Waals surface area contributed by atoms with Gasteiger partial charge in [-0.1, -0.05) is 37.8 Å². The van der Waals surface area contributed by atoms with E-state index in [4.69, 9.17) is 5.73 Å². The third kappa shape index (κ3) is 4.22. The first-order chi connectivity index (χ1) is 9.22. The molecule has 1 aliphatic rings. The lowest BCUT2D eigenvalue weighted by Gasteiger charge is -2.27. The Morgan fingerprint density at radius 3 is 2.20 bits per heavy atom. The fraction of sp³-hybridized carbons (Fsp3) is 0.562. The van der Waals surface area contributed by atoms with E-state index in [-0.39, 0.29) is 18.3 Å². The Labute approximate surface area is 127 Å². The topological polar surface area (TPSA) is 46.3 Å². The van der Waals surface area contributed by atoms with E-state index >= 15 is 0 Å². The summed E-state index contributed by atoms with van der Waals surface area (Å²) in [7, 11) is 1.94. The van der Waals surface area contributed by atoms with Crippen LogP contribution in [-0.4, -0.2) is 23.9 Å². The molecule has 1 amide bonds. The SMILES string of the molecule is CN(C(=O)c1ccc(CN)cc1)C1CCCCCC1.Cl. The van der Waals surface area contributed by atoms with Gasteiger partial charge in [-0.3, -0.25) is 4.79 Å². The van der Waals surface area contributed by atoms with E-state index in [0.29, 0.717) is 12.6 Å². The van der Waals surface area contributed by atoms with E-state index in [9.17, 15) is 4.79 Å². The lowest BCUT2D eigenvalue weighted by molar-refractivity contribution is 0.0717. The number of hydrogen-bond acceptors (Lipinski definition) is 2. The van der Waals surface area contributed by atoms with Crippen LogP contribution in [0.25, 0.3) is 0 Å². The van der Waals surface area contributed by atoms with Crippen molar-refractivity contribution < 1.29 is 4.79 Å². The number of carbonyl (C=O) groups is 1. The molecule has 1 aromatic rings. The molecule has 1 aromatic carbocycles. The normalized spacial score (nSPS) is 16.1. The van der Waals surface area contributed by atoms with E-state index in [1.807, 2.05) is 36.2 Å². The fourth-order valence-electron chi connectivity index (χ4n) is 2.80. The third-order valence-electron chi connectivity index (χ3n) is 4.13. The van der Waals surface area contributed by atoms with Crippen molar-refractivity contribution in [1.29, 1.82) is 0 Å². The molecule has 0 radical (unpaired) electrons. The molecule has 4 heteroatoms. The van der Waals surface area contributed by atoms with Crippen LogP contribution in [0.5, 0.6) is 0 Å². The van der Waals surface area contributed by atoms with Gasteiger partial charge in [0.05, 0.1) is 0 Å². The average Bonchev–Trinajstić information content (AvgIpc) is 2.75. The summed E-state index contributed by atoms with van der Waals surface area (Å²) in [5.41, 5.74) is 7.41. The first-order valence-electron chi connectivity index (χ1n) is 7.28. The van der Waals surface area contributed by atoms with Crippen molar-refractivity contribution in [2.75, 3.05) is 7.05 Å². The Morgan fingerprint density at radius 1 is 1.15 bits per heavy atom. The van der Waals surface area contributed by atoms with E-state index < -0.39 is 0 Å². The van der Waals surface area contributed by atoms with Crippen molar-refractivity contribution in [3.8, 4) is 0 Å². The zero-order valence-electron chi connectivity index (χ0n) is 12.2. The highest BCUT2D eigenvalue weighted by atomic mass is 35.5. The number of amides is 1. The van der Waals surface area contributed by atoms with Crippen LogP contribution in [0.4, 0.5) is 0 Å². The molecular formula is C16H25ClN2O. The molecule has 2 rings (SSSR count). The van der Waals surface area contributed by atoms with Crippen molar-refractivity contribution in [3.05, 3.63) is 35.4 Å². The zero-order chi connectivity index (χ0) is 13.7. The minimum absolute atomic E-state index is 0. The maximum Gasteiger partial charge on any atom is 0.253 e. The van der Waals surface area contributed by atoms with Gasteiger partial charge in [-0.25, -0.2) is 0 Å². The summed E-state index contributed by atoms with van der Waals surface area (Å²) >= 11 is 0. The quantitative estimate of drug-likeness (QED) is 0.869. The second-order valence-electron chi connectivity index (χ2n) is 5.46. The molecule has 0 aromatic heterocycles. The van der Waals surface area contributed by atoms with Gasteiger partial charge in [-0.2, -0.15) is 0 Å². The Bertz CT molecular complexity index is 411. The predicted molar refractivity (Wildman–Crippen MR) is 85.2 cm³/mol. The van der Waals surface area contributed by atoms with E-state index in [2.05, 4.69) is 0 Å². The van der Waals surface area contributed by atoms with E-state index in [0.717, 1.165) is 24.0 Å².